The number of rotatable bonds is 19. The molecule has 10 heterocycles. The van der Waals surface area contributed by atoms with Gasteiger partial charge < -0.3 is 44.1 Å². The van der Waals surface area contributed by atoms with Gasteiger partial charge in [0, 0.05) is 117 Å². The van der Waals surface area contributed by atoms with Gasteiger partial charge in [-0.1, -0.05) is 6.58 Å². The van der Waals surface area contributed by atoms with Crippen LogP contribution in [0.15, 0.2) is 157 Å². The third-order valence-corrected chi connectivity index (χ3v) is 17.2. The highest BCUT2D eigenvalue weighted by molar-refractivity contribution is 7.14. The van der Waals surface area contributed by atoms with Crippen LogP contribution >= 0.6 is 22.7 Å². The van der Waals surface area contributed by atoms with Crippen molar-refractivity contribution < 1.29 is 23.1 Å². The number of carbonyl (C=O) groups excluding carboxylic acids is 2. The molecule has 1 unspecified atom stereocenters. The van der Waals surface area contributed by atoms with Crippen molar-refractivity contribution in [3.8, 4) is 0 Å². The van der Waals surface area contributed by atoms with E-state index in [0.717, 1.165) is 104 Å². The van der Waals surface area contributed by atoms with Crippen molar-refractivity contribution in [3.63, 3.8) is 0 Å². The van der Waals surface area contributed by atoms with E-state index in [2.05, 4.69) is 112 Å². The van der Waals surface area contributed by atoms with Gasteiger partial charge in [-0.05, 0) is 153 Å². The van der Waals surface area contributed by atoms with Gasteiger partial charge in [0.05, 0.1) is 42.5 Å². The Bertz CT molecular complexity index is 3550. The lowest BCUT2D eigenvalue weighted by Gasteiger charge is -2.32. The Labute approximate surface area is 483 Å². The molecule has 0 aliphatic carbocycles. The number of pyridine rings is 2. The number of aromatic nitrogens is 6. The minimum atomic E-state index is -0.567. The monoisotopic (exact) mass is 1140 g/mol. The zero-order chi connectivity index (χ0) is 55.9. The highest BCUT2D eigenvalue weighted by atomic mass is 32.1. The summed E-state index contributed by atoms with van der Waals surface area (Å²) >= 11 is 2.81. The maximum Gasteiger partial charge on any atom is 0.274 e. The lowest BCUT2D eigenvalue weighted by molar-refractivity contribution is 0.0540. The molecule has 4 fully saturated rings. The number of ether oxygens (including phenoxy) is 1. The van der Waals surface area contributed by atoms with Crippen LogP contribution in [0.5, 0.6) is 0 Å². The molecule has 0 radical (unpaired) electrons. The van der Waals surface area contributed by atoms with E-state index in [1.54, 1.807) is 57.9 Å². The molecule has 422 valence electrons. The third-order valence-electron chi connectivity index (χ3n) is 15.6. The number of carbonyl (C=O) groups is 2. The summed E-state index contributed by atoms with van der Waals surface area (Å²) in [4.78, 5) is 54.1. The summed E-state index contributed by atoms with van der Waals surface area (Å²) in [7, 11) is 0. The van der Waals surface area contributed by atoms with Crippen molar-refractivity contribution in [1.82, 2.24) is 38.9 Å². The van der Waals surface area contributed by atoms with E-state index in [9.17, 15) is 18.4 Å². The summed E-state index contributed by atoms with van der Waals surface area (Å²) in [6.07, 6.45) is 15.1. The Morgan fingerprint density at radius 3 is 1.78 bits per heavy atom. The number of thiazole rings is 2. The van der Waals surface area contributed by atoms with E-state index in [1.165, 1.54) is 66.5 Å². The van der Waals surface area contributed by atoms with E-state index in [1.807, 2.05) is 10.8 Å². The first-order valence-electron chi connectivity index (χ1n) is 27.9. The summed E-state index contributed by atoms with van der Waals surface area (Å²) in [5.41, 5.74) is 8.19. The Hall–Kier alpha value is -8.40. The van der Waals surface area contributed by atoms with Gasteiger partial charge in [-0.3, -0.25) is 20.2 Å². The first kappa shape index (κ1) is 54.2. The Balaban J connectivity index is 0.749. The molecule has 2 amide bonds. The van der Waals surface area contributed by atoms with E-state index < -0.39 is 11.9 Å². The molecule has 6 aromatic heterocycles. The summed E-state index contributed by atoms with van der Waals surface area (Å²) in [5, 5.41) is 18.5. The molecule has 4 aliphatic rings. The number of piperidine rings is 1. The fraction of sp³-hybridized carbons (Fsp3) is 0.311. The molecule has 4 aliphatic heterocycles. The van der Waals surface area contributed by atoms with Crippen molar-refractivity contribution in [2.45, 2.75) is 63.7 Å². The number of hydrogen-bond acceptors (Lipinski definition) is 15. The summed E-state index contributed by atoms with van der Waals surface area (Å²) in [6.45, 7) is 11.4. The van der Waals surface area contributed by atoms with Crippen molar-refractivity contribution in [1.29, 1.82) is 0 Å². The molecule has 4 saturated heterocycles. The fourth-order valence-corrected chi connectivity index (χ4v) is 13.0. The van der Waals surface area contributed by atoms with Gasteiger partial charge in [0.1, 0.15) is 17.2 Å². The molecule has 2 aromatic carbocycles. The smallest absolute Gasteiger partial charge is 0.274 e. The number of anilines is 6. The maximum atomic E-state index is 13.9. The van der Waals surface area contributed by atoms with Gasteiger partial charge >= 0.3 is 0 Å². The van der Waals surface area contributed by atoms with Crippen LogP contribution in [-0.2, 0) is 17.8 Å². The number of benzene rings is 2. The van der Waals surface area contributed by atoms with E-state index in [-0.39, 0.29) is 29.8 Å². The molecule has 0 saturated carbocycles. The number of halogens is 2. The van der Waals surface area contributed by atoms with Gasteiger partial charge in [0.25, 0.3) is 11.8 Å². The average molecular weight is 1140 g/mol. The molecule has 0 bridgehead atoms. The molecule has 17 nitrogen and oxygen atoms in total. The molecule has 0 spiro atoms. The quantitative estimate of drug-likeness (QED) is 0.0566. The number of nitrogens with zero attached hydrogens (tertiary/aromatic N) is 10. The lowest BCUT2D eigenvalue weighted by Crippen LogP contribution is -2.38. The average Bonchev–Trinajstić information content (AvgIpc) is 4.56. The molecular formula is C61H64F2N14O3S2. The molecule has 3 atom stereocenters. The van der Waals surface area contributed by atoms with Crippen molar-refractivity contribution in [2.24, 2.45) is 5.92 Å². The van der Waals surface area contributed by atoms with Crippen LogP contribution < -0.4 is 31.1 Å². The van der Waals surface area contributed by atoms with Gasteiger partial charge in [-0.2, -0.15) is 8.78 Å². The molecule has 12 rings (SSSR count). The van der Waals surface area contributed by atoms with Crippen LogP contribution in [0.4, 0.5) is 41.8 Å². The predicted octanol–water partition coefficient (Wildman–Crippen LogP) is 11.4. The summed E-state index contributed by atoms with van der Waals surface area (Å²) < 4.78 is 37.2. The minimum absolute atomic E-state index is 0.0494. The molecule has 8 aromatic rings. The minimum Gasteiger partial charge on any atom is -0.378 e. The second-order valence-electron chi connectivity index (χ2n) is 21.1. The van der Waals surface area contributed by atoms with Crippen molar-refractivity contribution >= 4 is 67.5 Å². The number of nitrogens with one attached hydrogen (secondary N) is 4. The van der Waals surface area contributed by atoms with Crippen molar-refractivity contribution in [3.05, 3.63) is 203 Å². The van der Waals surface area contributed by atoms with Crippen LogP contribution in [0, 0.1) is 17.8 Å². The second kappa shape index (κ2) is 24.8. The van der Waals surface area contributed by atoms with E-state index in [4.69, 9.17) is 14.7 Å². The maximum absolute atomic E-state index is 13.9. The zero-order valence-electron chi connectivity index (χ0n) is 45.3. The number of likely N-dealkylation sites (tertiary alicyclic amines) is 1. The molecule has 4 N–H and O–H groups in total. The summed E-state index contributed by atoms with van der Waals surface area (Å²) in [5.74, 6) is 0.352. The van der Waals surface area contributed by atoms with Gasteiger partial charge in [-0.25, -0.2) is 19.9 Å². The number of amides is 2. The number of morpholine rings is 1. The van der Waals surface area contributed by atoms with Crippen LogP contribution in [0.3, 0.4) is 0 Å². The number of hydrogen-bond donors (Lipinski definition) is 4. The highest BCUT2D eigenvalue weighted by Gasteiger charge is 2.36. The van der Waals surface area contributed by atoms with Crippen LogP contribution in [-0.4, -0.2) is 103 Å². The van der Waals surface area contributed by atoms with Crippen LogP contribution in [0.1, 0.15) is 94.1 Å². The third kappa shape index (κ3) is 12.7. The van der Waals surface area contributed by atoms with E-state index >= 15 is 0 Å². The van der Waals surface area contributed by atoms with Gasteiger partial charge in [0.15, 0.2) is 10.3 Å². The van der Waals surface area contributed by atoms with E-state index in [0.29, 0.717) is 59.1 Å². The Morgan fingerprint density at radius 2 is 1.20 bits per heavy atom. The van der Waals surface area contributed by atoms with Crippen LogP contribution in [0.2, 0.25) is 0 Å². The first-order chi connectivity index (χ1) is 40.1. The zero-order valence-corrected chi connectivity index (χ0v) is 46.9. The Kier molecular flexibility index (Phi) is 16.4. The molecule has 21 heteroatoms. The largest absolute Gasteiger partial charge is 0.378 e. The molecule has 82 heavy (non-hydrogen) atoms. The van der Waals surface area contributed by atoms with Crippen molar-refractivity contribution in [2.75, 3.05) is 83.5 Å². The second-order valence-corrected chi connectivity index (χ2v) is 22.8. The first-order valence-corrected chi connectivity index (χ1v) is 29.7. The Morgan fingerprint density at radius 1 is 0.634 bits per heavy atom. The topological polar surface area (TPSA) is 166 Å². The molecular weight excluding hydrogens is 1080 g/mol. The van der Waals surface area contributed by atoms with Crippen LogP contribution in [0.25, 0.3) is 0 Å². The summed E-state index contributed by atoms with van der Waals surface area (Å²) in [6, 6.07) is 30.5. The van der Waals surface area contributed by atoms with Gasteiger partial charge in [0.2, 0.25) is 11.9 Å². The highest BCUT2D eigenvalue weighted by Crippen LogP contribution is 2.42. The normalized spacial score (nSPS) is 18.5. The lowest BCUT2D eigenvalue weighted by atomic mass is 10.0. The van der Waals surface area contributed by atoms with Gasteiger partial charge in [-0.15, -0.1) is 22.7 Å². The predicted molar refractivity (Wildman–Crippen MR) is 318 cm³/mol. The SMILES string of the molecule is C=C(Nc1ccc(N2CC(C=C(Nc3ccc(N4CCC[C@@H]4c4csc(NC(=O)c5cccn5Cc5ccnc(F)c5)n4)cc3)N3CCOCC3)C[C@@H]2c2csc(NC(=O)c3cccn3Cc3ccnc(F)c3)n2)cc1)N1CCCCC1. The standard InChI is InChI=1S/C61H64F2N14O3S2/c1-41(72-23-3-2-4-24-72)66-45-11-17-48(18-12-45)77-38-44(32-54(77)50-40-82-61(69-50)71-59(79)53-10-6-26-75(53)37-43-20-22-65-56(63)34-43)35-57(73-28-30-80-31-29-73)67-46-13-15-47(16-14-46)76-27-7-8-51(76)49-39-81-60(68-49)70-58(78)52-9-5-25-74(52)36-42-19-21-64-55(62)33-42/h5-6,9-22,25-26,33-35,39-40,44,51,54,66-67H,1-4,7-8,23-24,27-32,36-38H2,(H,68,70,78)(H,69,71,79)/t44?,51-,54-/m1/s1. The fourth-order valence-electron chi connectivity index (χ4n) is 11.5.